The van der Waals surface area contributed by atoms with Crippen LogP contribution in [0.15, 0.2) is 156 Å². The van der Waals surface area contributed by atoms with E-state index in [1.165, 1.54) is 257 Å². The third-order valence-electron chi connectivity index (χ3n) is 27.7. The van der Waals surface area contributed by atoms with Crippen LogP contribution in [0.4, 0.5) is 0 Å². The summed E-state index contributed by atoms with van der Waals surface area (Å²) < 4.78 is 26.3. The zero-order valence-corrected chi connectivity index (χ0v) is 80.9. The molecule has 0 saturated carbocycles. The first kappa shape index (κ1) is 99.6. The molecule has 5 aliphatic heterocycles. The number of benzene rings is 8. The number of nitrogens with zero attached hydrogens (tertiary/aromatic N) is 7. The van der Waals surface area contributed by atoms with Gasteiger partial charge < -0.3 is 24.3 Å². The molecule has 8 aromatic rings. The van der Waals surface area contributed by atoms with Gasteiger partial charge in [-0.15, -0.1) is 0 Å². The minimum absolute atomic E-state index is 0.0132. The smallest absolute Gasteiger partial charge is 0.339 e. The fraction of sp³-hybridized carbons (Fsp3) is 0.560. The van der Waals surface area contributed by atoms with Crippen molar-refractivity contribution in [2.24, 2.45) is 34.9 Å². The van der Waals surface area contributed by atoms with Crippen molar-refractivity contribution in [2.45, 2.75) is 393 Å². The molecule has 0 radical (unpaired) electrons. The third kappa shape index (κ3) is 28.2. The number of carbonyl (C=O) groups excluding carboxylic acids is 4. The second-order valence-electron chi connectivity index (χ2n) is 38.2. The lowest BCUT2D eigenvalue weighted by Gasteiger charge is -2.19. The van der Waals surface area contributed by atoms with Crippen LogP contribution in [0.3, 0.4) is 0 Å². The maximum Gasteiger partial charge on any atom is 0.339 e. The molecule has 8 aromatic carbocycles. The summed E-state index contributed by atoms with van der Waals surface area (Å²) in [5, 5.41) is 9.34. The highest BCUT2D eigenvalue weighted by Gasteiger charge is 2.43. The standard InChI is InChI=1S/C116H154N8O8/c1-5-9-13-17-21-25-29-33-37-41-45-49-53-65-77-129-113(125)97-89-73-61-63-75-91(89)99(115(127)131-79-67-55-51-47-43-39-35-31-27-23-19-15-11-7-3)103-101(97)109-120-107-95-83-87-71-59-57-69-85(87)81-93(95)105(118-107)117-106-94-82-86-70-58-60-72-88(86)84-96(94)108(119-106)121-110-102-98(114(126)130-78-66-54-50-46-42-38-34-30-26-22-18-14-10-6-2)90-74-62-64-76-92(90)100(104(102)112(123-110)124-111(103)122-109)116(128)132-80-68-56-52-48-44-40-36-32-28-24-20-16-12-8-4/h57-64,69-76,81-84,109H,5-56,65-68,77-80H2,1-4H3,(H,117,118,119,120,121,122,123,124). The molecular formula is C116H154N8O8. The van der Waals surface area contributed by atoms with Crippen LogP contribution in [0.2, 0.25) is 0 Å². The molecular weight excluding hydrogens is 1630 g/mol. The Labute approximate surface area is 789 Å². The molecule has 0 spiro atoms. The van der Waals surface area contributed by atoms with Gasteiger partial charge in [0.15, 0.2) is 35.3 Å². The van der Waals surface area contributed by atoms with Crippen LogP contribution < -0.4 is 5.32 Å². The number of unbranched alkanes of at least 4 members (excludes halogenated alkanes) is 52. The Morgan fingerprint density at radius 1 is 0.242 bits per heavy atom. The Balaban J connectivity index is 0.903. The Morgan fingerprint density at radius 3 is 0.833 bits per heavy atom. The van der Waals surface area contributed by atoms with E-state index < -0.39 is 30.0 Å². The normalized spacial score (nSPS) is 14.0. The van der Waals surface area contributed by atoms with E-state index in [1.807, 2.05) is 72.8 Å². The van der Waals surface area contributed by atoms with Gasteiger partial charge in [0.1, 0.15) is 11.7 Å². The molecule has 5 aliphatic rings. The molecule has 13 rings (SSSR count). The predicted molar refractivity (Wildman–Crippen MR) is 550 cm³/mol. The molecule has 1 N–H and O–H groups in total. The van der Waals surface area contributed by atoms with E-state index in [2.05, 4.69) is 81.5 Å². The average molecular weight is 1790 g/mol. The van der Waals surface area contributed by atoms with Crippen LogP contribution in [0.5, 0.6) is 0 Å². The lowest BCUT2D eigenvalue weighted by atomic mass is 9.88. The monoisotopic (exact) mass is 1790 g/mol. The number of hydrogen-bond acceptors (Lipinski definition) is 16. The fourth-order valence-corrected chi connectivity index (χ4v) is 20.1. The van der Waals surface area contributed by atoms with Gasteiger partial charge in [-0.1, -0.05) is 459 Å². The number of aliphatic imine (C=N–C) groups is 7. The van der Waals surface area contributed by atoms with E-state index in [4.69, 9.17) is 53.9 Å². The van der Waals surface area contributed by atoms with E-state index in [-0.39, 0.29) is 94.3 Å². The van der Waals surface area contributed by atoms with Gasteiger partial charge in [0, 0.05) is 44.5 Å². The largest absolute Gasteiger partial charge is 0.462 e. The summed E-state index contributed by atoms with van der Waals surface area (Å²) in [6.07, 6.45) is 64.9. The quantitative estimate of drug-likeness (QED) is 0.0218. The second kappa shape index (κ2) is 55.1. The average Bonchev–Trinajstić information content (AvgIpc) is 1.56. The van der Waals surface area contributed by atoms with Gasteiger partial charge in [-0.2, -0.15) is 0 Å². The first-order chi connectivity index (χ1) is 65.2. The summed E-state index contributed by atoms with van der Waals surface area (Å²) in [5.41, 5.74) is 4.36. The third-order valence-corrected chi connectivity index (χ3v) is 27.7. The summed E-state index contributed by atoms with van der Waals surface area (Å²) in [5.74, 6) is -0.982. The lowest BCUT2D eigenvalue weighted by Crippen LogP contribution is -2.32. The van der Waals surface area contributed by atoms with Crippen LogP contribution >= 0.6 is 0 Å². The molecule has 0 amide bonds. The van der Waals surface area contributed by atoms with E-state index in [0.29, 0.717) is 87.0 Å². The van der Waals surface area contributed by atoms with Gasteiger partial charge in [-0.25, -0.2) is 54.1 Å². The van der Waals surface area contributed by atoms with Crippen LogP contribution in [0.1, 0.15) is 479 Å². The fourth-order valence-electron chi connectivity index (χ4n) is 20.1. The van der Waals surface area contributed by atoms with E-state index in [0.717, 1.165) is 98.6 Å². The van der Waals surface area contributed by atoms with Gasteiger partial charge in [0.25, 0.3) is 0 Å². The Hall–Kier alpha value is -9.83. The highest BCUT2D eigenvalue weighted by molar-refractivity contribution is 6.39. The number of ether oxygens (including phenoxy) is 4. The number of esters is 4. The molecule has 16 heteroatoms. The molecule has 132 heavy (non-hydrogen) atoms. The summed E-state index contributed by atoms with van der Waals surface area (Å²) in [6.45, 7) is 9.70. The summed E-state index contributed by atoms with van der Waals surface area (Å²) in [4.78, 5) is 103. The summed E-state index contributed by atoms with van der Waals surface area (Å²) >= 11 is 0. The van der Waals surface area contributed by atoms with Crippen molar-refractivity contribution in [2.75, 3.05) is 26.4 Å². The summed E-state index contributed by atoms with van der Waals surface area (Å²) in [6, 6.07) is 39.6. The van der Waals surface area contributed by atoms with E-state index in [9.17, 15) is 0 Å². The van der Waals surface area contributed by atoms with Crippen molar-refractivity contribution in [1.82, 2.24) is 5.32 Å². The maximum absolute atomic E-state index is 16.1. The molecule has 0 fully saturated rings. The van der Waals surface area contributed by atoms with Crippen molar-refractivity contribution >= 4 is 108 Å². The molecule has 8 bridgehead atoms. The predicted octanol–water partition coefficient (Wildman–Crippen LogP) is 31.8. The van der Waals surface area contributed by atoms with Crippen molar-refractivity contribution in [3.8, 4) is 0 Å². The Bertz CT molecular complexity index is 5340. The number of hydrogen-bond donors (Lipinski definition) is 1. The lowest BCUT2D eigenvalue weighted by molar-refractivity contribution is 0.0485. The molecule has 16 nitrogen and oxygen atoms in total. The zero-order valence-electron chi connectivity index (χ0n) is 80.9. The molecule has 5 heterocycles. The molecule has 0 aliphatic carbocycles. The van der Waals surface area contributed by atoms with Crippen LogP contribution in [-0.2, 0) is 18.9 Å². The first-order valence-corrected chi connectivity index (χ1v) is 53.0. The van der Waals surface area contributed by atoms with Crippen LogP contribution in [-0.4, -0.2) is 91.2 Å². The van der Waals surface area contributed by atoms with Gasteiger partial charge in [-0.3, -0.25) is 0 Å². The Morgan fingerprint density at radius 2 is 0.485 bits per heavy atom. The van der Waals surface area contributed by atoms with Gasteiger partial charge >= 0.3 is 23.9 Å². The number of amidine groups is 7. The van der Waals surface area contributed by atoms with Gasteiger partial charge in [0.05, 0.1) is 48.7 Å². The Kier molecular flexibility index (Phi) is 41.6. The highest BCUT2D eigenvalue weighted by Crippen LogP contribution is 2.46. The van der Waals surface area contributed by atoms with Gasteiger partial charge in [-0.05, 0) is 93.0 Å². The number of fused-ring (bicyclic) bond motifs is 20. The first-order valence-electron chi connectivity index (χ1n) is 53.0. The second-order valence-corrected chi connectivity index (χ2v) is 38.2. The maximum atomic E-state index is 16.1. The minimum Gasteiger partial charge on any atom is -0.462 e. The number of nitrogens with one attached hydrogen (secondary N) is 1. The van der Waals surface area contributed by atoms with Crippen molar-refractivity contribution in [3.63, 3.8) is 0 Å². The SMILES string of the molecule is CCCCCCCCCCCCCCCCOC(=O)c1c2c(c(C(=O)OCCCCCCCCCCCCCCCC)c3ccccc13)C1=NC2=NC2=NC(N=C3N=C(N=C4N=C(N1)c1cc5ccccc5cc14)c1cc4ccccc4cc13)c1c2c(C(=O)OCCCCCCCCCCCCCCCC)c2ccccc2c1C(=O)OCCCCCCCCCCCCCCCC. The number of carbonyl (C=O) groups is 4. The van der Waals surface area contributed by atoms with Crippen LogP contribution in [0, 0.1) is 0 Å². The molecule has 706 valence electrons. The molecule has 1 unspecified atom stereocenters. The molecule has 0 saturated heterocycles. The van der Waals surface area contributed by atoms with E-state index in [1.54, 1.807) is 0 Å². The minimum atomic E-state index is -1.32. The van der Waals surface area contributed by atoms with E-state index >= 15 is 19.2 Å². The van der Waals surface area contributed by atoms with Crippen LogP contribution in [0.25, 0.3) is 43.1 Å². The zero-order chi connectivity index (χ0) is 91.5. The number of rotatable bonds is 64. The highest BCUT2D eigenvalue weighted by atomic mass is 16.5. The topological polar surface area (TPSA) is 204 Å². The van der Waals surface area contributed by atoms with Crippen molar-refractivity contribution < 1.29 is 38.1 Å². The molecule has 0 aromatic heterocycles. The van der Waals surface area contributed by atoms with Crippen molar-refractivity contribution in [3.05, 3.63) is 188 Å². The summed E-state index contributed by atoms with van der Waals surface area (Å²) in [7, 11) is 0. The van der Waals surface area contributed by atoms with Gasteiger partial charge in [0.2, 0.25) is 0 Å². The van der Waals surface area contributed by atoms with Crippen molar-refractivity contribution in [1.29, 1.82) is 0 Å². The molecule has 1 atom stereocenters.